The molecular formula is C16H14BrN3O6S2. The molecular weight excluding hydrogens is 474 g/mol. The number of aromatic nitrogens is 2. The Hall–Kier alpha value is -2.12. The number of hydrogen-bond acceptors (Lipinski definition) is 9. The smallest absolute Gasteiger partial charge is 0.327 e. The number of carbonyl (C=O) groups excluding carboxylic acids is 1. The Labute approximate surface area is 172 Å². The molecule has 2 aromatic heterocycles. The van der Waals surface area contributed by atoms with Crippen molar-refractivity contribution in [1.82, 2.24) is 14.9 Å². The number of carbonyl (C=O) groups is 1. The molecule has 2 heterocycles. The van der Waals surface area contributed by atoms with E-state index in [9.17, 15) is 18.3 Å². The minimum absolute atomic E-state index is 0.0456. The van der Waals surface area contributed by atoms with E-state index in [1.807, 2.05) is 17.5 Å². The summed E-state index contributed by atoms with van der Waals surface area (Å²) in [5.74, 6) is -0.570. The monoisotopic (exact) mass is 487 g/mol. The lowest BCUT2D eigenvalue weighted by Gasteiger charge is -2.15. The number of benzene rings is 1. The summed E-state index contributed by atoms with van der Waals surface area (Å²) in [6, 6.07) is 7.97. The van der Waals surface area contributed by atoms with Gasteiger partial charge in [-0.05, 0) is 35.7 Å². The van der Waals surface area contributed by atoms with Gasteiger partial charge < -0.3 is 14.4 Å². The average Bonchev–Trinajstić information content (AvgIpc) is 3.36. The Morgan fingerprint density at radius 2 is 2.07 bits per heavy atom. The summed E-state index contributed by atoms with van der Waals surface area (Å²) in [4.78, 5) is 17.0. The van der Waals surface area contributed by atoms with Crippen molar-refractivity contribution < 1.29 is 27.6 Å². The van der Waals surface area contributed by atoms with Gasteiger partial charge in [-0.25, -0.2) is 8.42 Å². The second-order valence-corrected chi connectivity index (χ2v) is 8.98. The van der Waals surface area contributed by atoms with E-state index in [4.69, 9.17) is 9.26 Å². The third-order valence-electron chi connectivity index (χ3n) is 3.44. The predicted molar refractivity (Wildman–Crippen MR) is 103 cm³/mol. The van der Waals surface area contributed by atoms with Gasteiger partial charge in [0.1, 0.15) is 6.04 Å². The molecule has 2 N–H and O–H groups in total. The van der Waals surface area contributed by atoms with Crippen molar-refractivity contribution in [3.63, 3.8) is 0 Å². The summed E-state index contributed by atoms with van der Waals surface area (Å²) in [6.07, 6.45) is 0. The first kappa shape index (κ1) is 20.6. The first-order chi connectivity index (χ1) is 13.4. The van der Waals surface area contributed by atoms with Crippen LogP contribution in [-0.2, 0) is 26.2 Å². The fourth-order valence-corrected chi connectivity index (χ4v) is 4.17. The Bertz CT molecular complexity index is 1030. The van der Waals surface area contributed by atoms with Gasteiger partial charge in [-0.15, -0.1) is 11.3 Å². The molecule has 3 rings (SSSR count). The molecule has 0 spiro atoms. The topological polar surface area (TPSA) is 132 Å². The van der Waals surface area contributed by atoms with Crippen LogP contribution in [0.2, 0.25) is 0 Å². The first-order valence-electron chi connectivity index (χ1n) is 7.81. The number of hydrogen-bond donors (Lipinski definition) is 2. The summed E-state index contributed by atoms with van der Waals surface area (Å²) >= 11 is 4.63. The van der Waals surface area contributed by atoms with E-state index >= 15 is 0 Å². The number of nitrogens with one attached hydrogen (secondary N) is 1. The molecule has 0 amide bonds. The van der Waals surface area contributed by atoms with Crippen molar-refractivity contribution >= 4 is 43.3 Å². The van der Waals surface area contributed by atoms with Crippen LogP contribution in [0.4, 0.5) is 0 Å². The number of aliphatic hydroxyl groups excluding tert-OH is 1. The second kappa shape index (κ2) is 8.92. The number of rotatable bonds is 8. The maximum absolute atomic E-state index is 12.3. The quantitative estimate of drug-likeness (QED) is 0.460. The molecule has 0 fully saturated rings. The Morgan fingerprint density at radius 1 is 1.32 bits per heavy atom. The summed E-state index contributed by atoms with van der Waals surface area (Å²) in [5.41, 5.74) is 0. The number of esters is 1. The van der Waals surface area contributed by atoms with Crippen LogP contribution in [0.25, 0.3) is 10.7 Å². The van der Waals surface area contributed by atoms with Crippen LogP contribution in [0.15, 0.2) is 55.7 Å². The number of halogens is 1. The maximum atomic E-state index is 12.3. The lowest BCUT2D eigenvalue weighted by Crippen LogP contribution is -2.44. The van der Waals surface area contributed by atoms with Gasteiger partial charge >= 0.3 is 5.97 Å². The Kier molecular flexibility index (Phi) is 6.57. The zero-order valence-corrected chi connectivity index (χ0v) is 17.3. The van der Waals surface area contributed by atoms with Crippen molar-refractivity contribution in [3.8, 4) is 10.7 Å². The van der Waals surface area contributed by atoms with E-state index in [0.717, 1.165) is 4.88 Å². The van der Waals surface area contributed by atoms with Crippen LogP contribution in [0.3, 0.4) is 0 Å². The zero-order valence-electron chi connectivity index (χ0n) is 14.1. The largest absolute Gasteiger partial charge is 0.454 e. The number of aliphatic hydroxyl groups is 1. The molecule has 148 valence electrons. The van der Waals surface area contributed by atoms with Gasteiger partial charge in [0.05, 0.1) is 16.4 Å². The number of thiophene rings is 1. The lowest BCUT2D eigenvalue weighted by atomic mass is 10.3. The van der Waals surface area contributed by atoms with Crippen molar-refractivity contribution in [2.24, 2.45) is 0 Å². The highest BCUT2D eigenvalue weighted by molar-refractivity contribution is 9.10. The molecule has 0 aliphatic carbocycles. The normalized spacial score (nSPS) is 12.6. The zero-order chi connectivity index (χ0) is 20.1. The number of sulfonamides is 1. The van der Waals surface area contributed by atoms with Crippen LogP contribution in [0, 0.1) is 0 Å². The molecule has 12 heteroatoms. The van der Waals surface area contributed by atoms with Crippen LogP contribution in [-0.4, -0.2) is 42.3 Å². The second-order valence-electron chi connectivity index (χ2n) is 5.41. The summed E-state index contributed by atoms with van der Waals surface area (Å²) in [5, 5.41) is 15.0. The lowest BCUT2D eigenvalue weighted by molar-refractivity contribution is -0.148. The van der Waals surface area contributed by atoms with Crippen LogP contribution >= 0.6 is 27.3 Å². The third-order valence-corrected chi connectivity index (χ3v) is 6.32. The molecule has 1 atom stereocenters. The van der Waals surface area contributed by atoms with E-state index in [-0.39, 0.29) is 17.4 Å². The van der Waals surface area contributed by atoms with Gasteiger partial charge in [-0.2, -0.15) is 9.71 Å². The molecule has 0 saturated heterocycles. The molecule has 9 nitrogen and oxygen atoms in total. The molecule has 0 aliphatic rings. The molecule has 0 saturated carbocycles. The van der Waals surface area contributed by atoms with Crippen molar-refractivity contribution in [2.45, 2.75) is 17.5 Å². The third kappa shape index (κ3) is 5.02. The van der Waals surface area contributed by atoms with Crippen LogP contribution < -0.4 is 4.72 Å². The highest BCUT2D eigenvalue weighted by Crippen LogP contribution is 2.21. The Morgan fingerprint density at radius 3 is 2.71 bits per heavy atom. The number of ether oxygens (including phenoxy) is 1. The molecule has 1 aromatic carbocycles. The molecule has 1 unspecified atom stereocenters. The average molecular weight is 488 g/mol. The molecule has 0 radical (unpaired) electrons. The number of nitrogens with zero attached hydrogens (tertiary/aromatic N) is 2. The summed E-state index contributed by atoms with van der Waals surface area (Å²) in [7, 11) is -4.02. The van der Waals surface area contributed by atoms with E-state index in [1.165, 1.54) is 23.5 Å². The minimum Gasteiger partial charge on any atom is -0.454 e. The van der Waals surface area contributed by atoms with E-state index in [2.05, 4.69) is 30.8 Å². The maximum Gasteiger partial charge on any atom is 0.327 e. The molecule has 28 heavy (non-hydrogen) atoms. The van der Waals surface area contributed by atoms with Gasteiger partial charge in [-0.3, -0.25) is 4.79 Å². The van der Waals surface area contributed by atoms with Crippen LogP contribution in [0.1, 0.15) is 5.89 Å². The van der Waals surface area contributed by atoms with Gasteiger partial charge in [-0.1, -0.05) is 27.2 Å². The molecule has 0 aliphatic heterocycles. The van der Waals surface area contributed by atoms with Gasteiger partial charge in [0.15, 0.2) is 6.61 Å². The van der Waals surface area contributed by atoms with Crippen molar-refractivity contribution in [1.29, 1.82) is 0 Å². The molecule has 3 aromatic rings. The fraction of sp³-hybridized carbons (Fsp3) is 0.188. The van der Waals surface area contributed by atoms with Crippen molar-refractivity contribution in [2.75, 3.05) is 6.61 Å². The first-order valence-corrected chi connectivity index (χ1v) is 11.0. The SMILES string of the molecule is O=C(OCc1nc(-c2cccs2)no1)C(CO)NS(=O)(=O)c1ccc(Br)cc1. The van der Waals surface area contributed by atoms with Crippen LogP contribution in [0.5, 0.6) is 0 Å². The van der Waals surface area contributed by atoms with E-state index in [1.54, 1.807) is 12.1 Å². The van der Waals surface area contributed by atoms with Gasteiger partial charge in [0, 0.05) is 4.47 Å². The summed E-state index contributed by atoms with van der Waals surface area (Å²) < 4.78 is 37.5. The van der Waals surface area contributed by atoms with E-state index in [0.29, 0.717) is 10.3 Å². The fourth-order valence-electron chi connectivity index (χ4n) is 2.08. The minimum atomic E-state index is -4.02. The standard InChI is InChI=1S/C16H14BrN3O6S2/c17-10-3-5-11(6-4-10)28(23,24)20-12(8-21)16(22)25-9-14-18-15(19-26-14)13-2-1-7-27-13/h1-7,12,20-21H,8-9H2. The Balaban J connectivity index is 1.61. The van der Waals surface area contributed by atoms with Gasteiger partial charge in [0.2, 0.25) is 15.8 Å². The molecule has 0 bridgehead atoms. The highest BCUT2D eigenvalue weighted by Gasteiger charge is 2.27. The predicted octanol–water partition coefficient (Wildman–Crippen LogP) is 1.94. The van der Waals surface area contributed by atoms with Crippen molar-refractivity contribution in [3.05, 3.63) is 52.1 Å². The highest BCUT2D eigenvalue weighted by atomic mass is 79.9. The van der Waals surface area contributed by atoms with E-state index < -0.39 is 28.6 Å². The summed E-state index contributed by atoms with van der Waals surface area (Å²) in [6.45, 7) is -1.13. The van der Waals surface area contributed by atoms with Gasteiger partial charge in [0.25, 0.3) is 5.89 Å².